The third-order valence-corrected chi connectivity index (χ3v) is 4.97. The normalized spacial score (nSPS) is 21.4. The summed E-state index contributed by atoms with van der Waals surface area (Å²) < 4.78 is 5.33. The van der Waals surface area contributed by atoms with Gasteiger partial charge in [0.05, 0.1) is 45.2 Å². The number of benzene rings is 1. The van der Waals surface area contributed by atoms with E-state index in [1.807, 2.05) is 30.3 Å². The number of methoxy groups -OCH3 is 1. The molecular weight excluding hydrogens is 298 g/mol. The summed E-state index contributed by atoms with van der Waals surface area (Å²) >= 11 is 1.46. The van der Waals surface area contributed by atoms with Crippen molar-refractivity contribution in [3.05, 3.63) is 34.7 Å². The quantitative estimate of drug-likeness (QED) is 0.807. The second-order valence-electron chi connectivity index (χ2n) is 5.50. The lowest BCUT2D eigenvalue weighted by Crippen LogP contribution is -3.12. The third kappa shape index (κ3) is 3.18. The fourth-order valence-electron chi connectivity index (χ4n) is 2.54. The average Bonchev–Trinajstić information content (AvgIpc) is 2.89. The number of likely N-dealkylation sites (N-methyl/N-ethyl adjacent to an activating group) is 1. The molecule has 22 heavy (non-hydrogen) atoms. The summed E-state index contributed by atoms with van der Waals surface area (Å²) in [6.07, 6.45) is 1.86. The number of amidine groups is 1. The minimum Gasteiger partial charge on any atom is -0.496 e. The van der Waals surface area contributed by atoms with E-state index in [0.717, 1.165) is 42.7 Å². The van der Waals surface area contributed by atoms with Gasteiger partial charge in [-0.1, -0.05) is 18.2 Å². The van der Waals surface area contributed by atoms with Gasteiger partial charge in [-0.3, -0.25) is 4.79 Å². The summed E-state index contributed by atoms with van der Waals surface area (Å²) in [5, 5.41) is 0.832. The zero-order valence-electron chi connectivity index (χ0n) is 12.8. The van der Waals surface area contributed by atoms with Gasteiger partial charge in [0, 0.05) is 5.56 Å². The van der Waals surface area contributed by atoms with Crippen molar-refractivity contribution in [2.75, 3.05) is 40.3 Å². The maximum atomic E-state index is 12.1. The summed E-state index contributed by atoms with van der Waals surface area (Å²) in [6, 6.07) is 7.68. The topological polar surface area (TPSA) is 46.3 Å². The van der Waals surface area contributed by atoms with Gasteiger partial charge >= 0.3 is 0 Å². The molecule has 0 radical (unpaired) electrons. The Hall–Kier alpha value is -1.79. The zero-order chi connectivity index (χ0) is 15.5. The van der Waals surface area contributed by atoms with Crippen molar-refractivity contribution in [1.82, 2.24) is 4.90 Å². The summed E-state index contributed by atoms with van der Waals surface area (Å²) in [5.74, 6) is 0.609. The highest BCUT2D eigenvalue weighted by atomic mass is 32.2. The number of aliphatic imine (C=N–C) groups is 1. The van der Waals surface area contributed by atoms with Crippen LogP contribution in [0.4, 0.5) is 0 Å². The van der Waals surface area contributed by atoms with Crippen LogP contribution in [0.1, 0.15) is 5.56 Å². The third-order valence-electron chi connectivity index (χ3n) is 3.92. The number of quaternary nitrogens is 1. The van der Waals surface area contributed by atoms with E-state index >= 15 is 0 Å². The number of carbonyl (C=O) groups is 1. The molecule has 2 aliphatic rings. The summed E-state index contributed by atoms with van der Waals surface area (Å²) in [7, 11) is 3.83. The average molecular weight is 318 g/mol. The summed E-state index contributed by atoms with van der Waals surface area (Å²) in [6.45, 7) is 4.07. The molecule has 0 atom stereocenters. The summed E-state index contributed by atoms with van der Waals surface area (Å²) in [5.41, 5.74) is 0.903. The smallest absolute Gasteiger partial charge is 0.286 e. The minimum atomic E-state index is -0.155. The second-order valence-corrected chi connectivity index (χ2v) is 6.51. The lowest BCUT2D eigenvalue weighted by Gasteiger charge is -2.30. The fraction of sp³-hybridized carbons (Fsp3) is 0.375. The molecule has 0 saturated carbocycles. The molecule has 0 spiro atoms. The fourth-order valence-corrected chi connectivity index (χ4v) is 3.50. The first-order chi connectivity index (χ1) is 10.7. The maximum absolute atomic E-state index is 12.1. The number of nitrogens with zero attached hydrogens (tertiary/aromatic N) is 2. The van der Waals surface area contributed by atoms with Crippen molar-refractivity contribution in [1.29, 1.82) is 0 Å². The van der Waals surface area contributed by atoms with E-state index in [1.54, 1.807) is 7.11 Å². The van der Waals surface area contributed by atoms with Crippen LogP contribution in [0.3, 0.4) is 0 Å². The standard InChI is InChI=1S/C16H19N3O2S/c1-18-7-9-19(10-8-18)16-17-15(20)14(22-16)11-12-5-3-4-6-13(12)21-2/h3-6,11H,7-10H2,1-2H3/p+1. The number of carbonyl (C=O) groups excluding carboxylic acids is 1. The van der Waals surface area contributed by atoms with Crippen molar-refractivity contribution in [3.63, 3.8) is 0 Å². The van der Waals surface area contributed by atoms with Crippen LogP contribution >= 0.6 is 11.8 Å². The van der Waals surface area contributed by atoms with Crippen LogP contribution in [-0.2, 0) is 4.79 Å². The largest absolute Gasteiger partial charge is 0.496 e. The van der Waals surface area contributed by atoms with Gasteiger partial charge in [-0.05, 0) is 23.9 Å². The monoisotopic (exact) mass is 318 g/mol. The molecule has 116 valence electrons. The molecule has 1 saturated heterocycles. The number of thioether (sulfide) groups is 1. The first kappa shape index (κ1) is 15.1. The van der Waals surface area contributed by atoms with Gasteiger partial charge in [-0.15, -0.1) is 0 Å². The highest BCUT2D eigenvalue weighted by molar-refractivity contribution is 8.18. The van der Waals surface area contributed by atoms with Gasteiger partial charge in [0.1, 0.15) is 5.75 Å². The molecule has 1 N–H and O–H groups in total. The van der Waals surface area contributed by atoms with Crippen LogP contribution in [-0.4, -0.2) is 56.3 Å². The predicted molar refractivity (Wildman–Crippen MR) is 89.2 cm³/mol. The number of hydrogen-bond donors (Lipinski definition) is 1. The number of nitrogens with one attached hydrogen (secondary N) is 1. The molecule has 2 heterocycles. The van der Waals surface area contributed by atoms with Gasteiger partial charge in [-0.2, -0.15) is 4.99 Å². The molecule has 0 bridgehead atoms. The van der Waals surface area contributed by atoms with Gasteiger partial charge in [0.15, 0.2) is 5.17 Å². The predicted octanol–water partition coefficient (Wildman–Crippen LogP) is 0.496. The first-order valence-corrected chi connectivity index (χ1v) is 8.21. The van der Waals surface area contributed by atoms with Crippen LogP contribution in [0.5, 0.6) is 5.75 Å². The number of hydrogen-bond acceptors (Lipinski definition) is 4. The lowest BCUT2D eigenvalue weighted by molar-refractivity contribution is -0.883. The number of para-hydroxylation sites is 1. The SMILES string of the molecule is COc1ccccc1C=C1SC(N2CC[NH+](C)CC2)=NC1=O. The van der Waals surface area contributed by atoms with E-state index in [4.69, 9.17) is 4.74 Å². The lowest BCUT2D eigenvalue weighted by atomic mass is 10.2. The van der Waals surface area contributed by atoms with E-state index in [-0.39, 0.29) is 5.91 Å². The minimum absolute atomic E-state index is 0.155. The van der Waals surface area contributed by atoms with Crippen LogP contribution in [0.15, 0.2) is 34.2 Å². The van der Waals surface area contributed by atoms with E-state index in [0.29, 0.717) is 4.91 Å². The van der Waals surface area contributed by atoms with E-state index < -0.39 is 0 Å². The van der Waals surface area contributed by atoms with Crippen molar-refractivity contribution >= 4 is 28.9 Å². The molecule has 3 rings (SSSR count). The van der Waals surface area contributed by atoms with Crippen LogP contribution < -0.4 is 9.64 Å². The first-order valence-electron chi connectivity index (χ1n) is 7.39. The van der Waals surface area contributed by atoms with E-state index in [9.17, 15) is 4.79 Å². The van der Waals surface area contributed by atoms with Gasteiger partial charge in [0.2, 0.25) is 0 Å². The Morgan fingerprint density at radius 1 is 1.32 bits per heavy atom. The van der Waals surface area contributed by atoms with E-state index in [1.165, 1.54) is 16.7 Å². The van der Waals surface area contributed by atoms with Crippen LogP contribution in [0.2, 0.25) is 0 Å². The highest BCUT2D eigenvalue weighted by Gasteiger charge is 2.28. The highest BCUT2D eigenvalue weighted by Crippen LogP contribution is 2.32. The number of ether oxygens (including phenoxy) is 1. The van der Waals surface area contributed by atoms with E-state index in [2.05, 4.69) is 16.9 Å². The number of piperazine rings is 1. The van der Waals surface area contributed by atoms with Gasteiger partial charge < -0.3 is 14.5 Å². The molecule has 0 aliphatic carbocycles. The molecule has 5 nitrogen and oxygen atoms in total. The Balaban J connectivity index is 1.75. The van der Waals surface area contributed by atoms with Gasteiger partial charge in [0.25, 0.3) is 5.91 Å². The van der Waals surface area contributed by atoms with Crippen LogP contribution in [0.25, 0.3) is 6.08 Å². The number of rotatable bonds is 2. The van der Waals surface area contributed by atoms with Crippen LogP contribution in [0, 0.1) is 0 Å². The Kier molecular flexibility index (Phi) is 4.49. The van der Waals surface area contributed by atoms with Gasteiger partial charge in [-0.25, -0.2) is 0 Å². The molecule has 6 heteroatoms. The molecule has 1 aromatic carbocycles. The molecule has 0 aromatic heterocycles. The summed E-state index contributed by atoms with van der Waals surface area (Å²) in [4.78, 5) is 20.8. The molecule has 1 fully saturated rings. The molecule has 0 unspecified atom stereocenters. The molecule has 1 amide bonds. The maximum Gasteiger partial charge on any atom is 0.286 e. The number of amides is 1. The van der Waals surface area contributed by atoms with Crippen molar-refractivity contribution < 1.29 is 14.4 Å². The Morgan fingerprint density at radius 2 is 2.05 bits per heavy atom. The Bertz CT molecular complexity index is 634. The zero-order valence-corrected chi connectivity index (χ0v) is 13.7. The molecular formula is C16H20N3O2S+. The molecule has 1 aromatic rings. The Labute approximate surface area is 134 Å². The Morgan fingerprint density at radius 3 is 2.77 bits per heavy atom. The second kappa shape index (κ2) is 6.54. The van der Waals surface area contributed by atoms with Crippen molar-refractivity contribution in [2.24, 2.45) is 4.99 Å². The van der Waals surface area contributed by atoms with Crippen molar-refractivity contribution in [3.8, 4) is 5.75 Å². The molecule has 2 aliphatic heterocycles. The van der Waals surface area contributed by atoms with Crippen molar-refractivity contribution in [2.45, 2.75) is 0 Å².